The van der Waals surface area contributed by atoms with Crippen LogP contribution in [0.15, 0.2) is 77.2 Å². The Morgan fingerprint density at radius 2 is 1.47 bits per heavy atom. The number of hydrogen-bond acceptors (Lipinski definition) is 7. The summed E-state index contributed by atoms with van der Waals surface area (Å²) in [4.78, 5) is 32.7. The highest BCUT2D eigenvalue weighted by molar-refractivity contribution is 6.00. The Morgan fingerprint density at radius 1 is 0.814 bits per heavy atom. The Labute approximate surface area is 250 Å². The molecule has 0 spiro atoms. The van der Waals surface area contributed by atoms with E-state index in [9.17, 15) is 9.59 Å². The lowest BCUT2D eigenvalue weighted by Gasteiger charge is -2.36. The van der Waals surface area contributed by atoms with Crippen molar-refractivity contribution >= 4 is 28.5 Å². The highest BCUT2D eigenvalue weighted by atomic mass is 16.3. The number of nitriles is 2. The lowest BCUT2D eigenvalue weighted by molar-refractivity contribution is 0.0746. The number of fused-ring (bicyclic) bond motifs is 1. The van der Waals surface area contributed by atoms with Gasteiger partial charge in [0, 0.05) is 68.5 Å². The van der Waals surface area contributed by atoms with Crippen LogP contribution in [0.1, 0.15) is 50.4 Å². The number of amides is 2. The van der Waals surface area contributed by atoms with E-state index in [0.717, 1.165) is 43.5 Å². The number of piperidine rings is 1. The maximum Gasteiger partial charge on any atom is 0.287 e. The Bertz CT molecular complexity index is 1700. The molecule has 0 unspecified atom stereocenters. The SMILES string of the molecule is N#Cc1ccc(CN2CCC(NC(=O)c3cc4cc(C(=O)N5CCN(c6ccc(C#N)cc6)CC5)ccc4o3)CC2)cc1. The molecule has 0 aliphatic carbocycles. The van der Waals surface area contributed by atoms with Gasteiger partial charge in [0.15, 0.2) is 5.76 Å². The van der Waals surface area contributed by atoms with Crippen molar-refractivity contribution in [3.8, 4) is 12.1 Å². The van der Waals surface area contributed by atoms with Crippen molar-refractivity contribution < 1.29 is 14.0 Å². The van der Waals surface area contributed by atoms with E-state index in [2.05, 4.69) is 27.3 Å². The first-order valence-electron chi connectivity index (χ1n) is 14.6. The van der Waals surface area contributed by atoms with Gasteiger partial charge < -0.3 is 19.5 Å². The topological polar surface area (TPSA) is 117 Å². The fourth-order valence-corrected chi connectivity index (χ4v) is 5.82. The number of hydrogen-bond donors (Lipinski definition) is 1. The minimum Gasteiger partial charge on any atom is -0.451 e. The molecule has 2 aliphatic heterocycles. The van der Waals surface area contributed by atoms with Gasteiger partial charge in [-0.05, 0) is 79.1 Å². The van der Waals surface area contributed by atoms with Gasteiger partial charge in [0.05, 0.1) is 23.3 Å². The molecule has 0 atom stereocenters. The maximum atomic E-state index is 13.3. The van der Waals surface area contributed by atoms with Crippen LogP contribution >= 0.6 is 0 Å². The van der Waals surface area contributed by atoms with Crippen LogP contribution in [0.5, 0.6) is 0 Å². The number of benzene rings is 3. The summed E-state index contributed by atoms with van der Waals surface area (Å²) in [6, 6.07) is 26.6. The van der Waals surface area contributed by atoms with Crippen LogP contribution in [0.3, 0.4) is 0 Å². The molecule has 0 radical (unpaired) electrons. The predicted octanol–water partition coefficient (Wildman–Crippen LogP) is 4.53. The Kier molecular flexibility index (Phi) is 8.08. The third-order valence-corrected chi connectivity index (χ3v) is 8.33. The number of nitrogens with one attached hydrogen (secondary N) is 1. The molecule has 6 rings (SSSR count). The molecule has 43 heavy (non-hydrogen) atoms. The van der Waals surface area contributed by atoms with E-state index < -0.39 is 0 Å². The molecule has 2 fully saturated rings. The van der Waals surface area contributed by atoms with Gasteiger partial charge in [-0.15, -0.1) is 0 Å². The molecule has 1 aromatic heterocycles. The number of carbonyl (C=O) groups is 2. The van der Waals surface area contributed by atoms with Crippen LogP contribution in [-0.2, 0) is 6.54 Å². The second-order valence-electron chi connectivity index (χ2n) is 11.1. The Hall–Kier alpha value is -5.12. The molecular weight excluding hydrogens is 540 g/mol. The van der Waals surface area contributed by atoms with Gasteiger partial charge >= 0.3 is 0 Å². The zero-order valence-electron chi connectivity index (χ0n) is 23.8. The molecule has 3 aromatic carbocycles. The lowest BCUT2D eigenvalue weighted by Crippen LogP contribution is -2.48. The van der Waals surface area contributed by atoms with Crippen molar-refractivity contribution in [1.29, 1.82) is 10.5 Å². The van der Waals surface area contributed by atoms with Gasteiger partial charge in [0.1, 0.15) is 5.58 Å². The maximum absolute atomic E-state index is 13.3. The highest BCUT2D eigenvalue weighted by Crippen LogP contribution is 2.24. The summed E-state index contributed by atoms with van der Waals surface area (Å²) in [5.74, 6) is -0.0365. The van der Waals surface area contributed by atoms with Gasteiger partial charge in [-0.3, -0.25) is 14.5 Å². The van der Waals surface area contributed by atoms with Crippen LogP contribution < -0.4 is 10.2 Å². The van der Waals surface area contributed by atoms with E-state index in [0.29, 0.717) is 48.5 Å². The lowest BCUT2D eigenvalue weighted by atomic mass is 10.0. The molecule has 9 heteroatoms. The summed E-state index contributed by atoms with van der Waals surface area (Å²) in [7, 11) is 0. The van der Waals surface area contributed by atoms with Crippen LogP contribution in [0, 0.1) is 22.7 Å². The summed E-state index contributed by atoms with van der Waals surface area (Å²) >= 11 is 0. The summed E-state index contributed by atoms with van der Waals surface area (Å²) < 4.78 is 5.85. The minimum atomic E-state index is -0.242. The molecule has 9 nitrogen and oxygen atoms in total. The van der Waals surface area contributed by atoms with E-state index in [1.54, 1.807) is 24.3 Å². The number of anilines is 1. The van der Waals surface area contributed by atoms with E-state index in [1.807, 2.05) is 53.4 Å². The number of carbonyl (C=O) groups excluding carboxylic acids is 2. The molecule has 2 saturated heterocycles. The van der Waals surface area contributed by atoms with Gasteiger partial charge in [0.2, 0.25) is 0 Å². The summed E-state index contributed by atoms with van der Waals surface area (Å²) in [5.41, 5.74) is 4.66. The second kappa shape index (κ2) is 12.4. The molecule has 4 aromatic rings. The second-order valence-corrected chi connectivity index (χ2v) is 11.1. The minimum absolute atomic E-state index is 0.0404. The van der Waals surface area contributed by atoms with Gasteiger partial charge in [-0.2, -0.15) is 10.5 Å². The van der Waals surface area contributed by atoms with E-state index in [-0.39, 0.29) is 23.6 Å². The average molecular weight is 573 g/mol. The first-order chi connectivity index (χ1) is 21.0. The Balaban J connectivity index is 1.01. The fourth-order valence-electron chi connectivity index (χ4n) is 5.82. The van der Waals surface area contributed by atoms with E-state index in [4.69, 9.17) is 14.9 Å². The molecule has 0 bridgehead atoms. The van der Waals surface area contributed by atoms with Crippen LogP contribution in [-0.4, -0.2) is 66.9 Å². The molecule has 0 saturated carbocycles. The fraction of sp³-hybridized carbons (Fsp3) is 0.294. The first-order valence-corrected chi connectivity index (χ1v) is 14.6. The predicted molar refractivity (Wildman–Crippen MR) is 162 cm³/mol. The van der Waals surface area contributed by atoms with Crippen LogP contribution in [0.2, 0.25) is 0 Å². The smallest absolute Gasteiger partial charge is 0.287 e. The third kappa shape index (κ3) is 6.38. The molecule has 3 heterocycles. The molecular formula is C34H32N6O3. The van der Waals surface area contributed by atoms with Crippen molar-refractivity contribution in [3.63, 3.8) is 0 Å². The Morgan fingerprint density at radius 3 is 2.12 bits per heavy atom. The first kappa shape index (κ1) is 28.0. The number of nitrogens with zero attached hydrogens (tertiary/aromatic N) is 5. The number of rotatable bonds is 6. The highest BCUT2D eigenvalue weighted by Gasteiger charge is 2.25. The zero-order valence-corrected chi connectivity index (χ0v) is 23.8. The number of furan rings is 1. The third-order valence-electron chi connectivity index (χ3n) is 8.33. The monoisotopic (exact) mass is 572 g/mol. The van der Waals surface area contributed by atoms with Crippen molar-refractivity contribution in [2.75, 3.05) is 44.2 Å². The quantitative estimate of drug-likeness (QED) is 0.361. The van der Waals surface area contributed by atoms with Crippen molar-refractivity contribution in [1.82, 2.24) is 15.1 Å². The molecule has 2 amide bonds. The number of piperazine rings is 1. The summed E-state index contributed by atoms with van der Waals surface area (Å²) in [6.07, 6.45) is 1.69. The summed E-state index contributed by atoms with van der Waals surface area (Å²) in [6.45, 7) is 5.19. The van der Waals surface area contributed by atoms with Gasteiger partial charge in [0.25, 0.3) is 11.8 Å². The van der Waals surface area contributed by atoms with Crippen LogP contribution in [0.4, 0.5) is 5.69 Å². The van der Waals surface area contributed by atoms with Crippen molar-refractivity contribution in [2.24, 2.45) is 0 Å². The molecule has 1 N–H and O–H groups in total. The number of likely N-dealkylation sites (tertiary alicyclic amines) is 1. The standard InChI is InChI=1S/C34H32N6O3/c35-21-24-1-3-26(4-2-24)23-38-13-11-29(12-14-38)37-33(41)32-20-28-19-27(7-10-31(28)43-32)34(42)40-17-15-39(16-18-40)30-8-5-25(22-36)6-9-30/h1-10,19-20,29H,11-18,23H2,(H,37,41). The van der Waals surface area contributed by atoms with Gasteiger partial charge in [-0.25, -0.2) is 0 Å². The summed E-state index contributed by atoms with van der Waals surface area (Å²) in [5, 5.41) is 21.8. The molecule has 2 aliphatic rings. The van der Waals surface area contributed by atoms with E-state index >= 15 is 0 Å². The van der Waals surface area contributed by atoms with Gasteiger partial charge in [-0.1, -0.05) is 12.1 Å². The van der Waals surface area contributed by atoms with Crippen LogP contribution in [0.25, 0.3) is 11.0 Å². The molecule has 216 valence electrons. The average Bonchev–Trinajstić information content (AvgIpc) is 3.50. The normalized spacial score (nSPS) is 16.0. The van der Waals surface area contributed by atoms with Crippen molar-refractivity contribution in [3.05, 3.63) is 101 Å². The largest absolute Gasteiger partial charge is 0.451 e. The van der Waals surface area contributed by atoms with Crippen molar-refractivity contribution in [2.45, 2.75) is 25.4 Å². The van der Waals surface area contributed by atoms with E-state index in [1.165, 1.54) is 5.56 Å². The zero-order chi connectivity index (χ0) is 29.8.